The van der Waals surface area contributed by atoms with Gasteiger partial charge in [0.1, 0.15) is 5.01 Å². The van der Waals surface area contributed by atoms with Crippen LogP contribution in [0, 0.1) is 6.92 Å². The van der Waals surface area contributed by atoms with Crippen LogP contribution in [0.15, 0.2) is 28.6 Å². The van der Waals surface area contributed by atoms with Crippen LogP contribution in [0.25, 0.3) is 21.8 Å². The molecule has 26 heavy (non-hydrogen) atoms. The lowest BCUT2D eigenvalue weighted by Gasteiger charge is -2.07. The van der Waals surface area contributed by atoms with Gasteiger partial charge in [0, 0.05) is 23.5 Å². The molecule has 0 unspecified atom stereocenters. The minimum Gasteiger partial charge on any atom is -0.462 e. The van der Waals surface area contributed by atoms with Crippen LogP contribution < -0.4 is 5.56 Å². The highest BCUT2D eigenvalue weighted by Gasteiger charge is 2.18. The fourth-order valence-corrected chi connectivity index (χ4v) is 3.91. The SMILES string of the molecule is CCOC(=O)c1cc(-c2csc(-c3c(Cl)cncc3Cl)n2)c(=O)[nH]c1C. The van der Waals surface area contributed by atoms with Crippen molar-refractivity contribution in [3.63, 3.8) is 0 Å². The molecule has 3 aromatic rings. The summed E-state index contributed by atoms with van der Waals surface area (Å²) in [5.74, 6) is -0.502. The minimum absolute atomic E-state index is 0.243. The van der Waals surface area contributed by atoms with Gasteiger partial charge in [-0.3, -0.25) is 9.78 Å². The van der Waals surface area contributed by atoms with Crippen molar-refractivity contribution in [3.8, 4) is 21.8 Å². The average Bonchev–Trinajstić information content (AvgIpc) is 3.04. The highest BCUT2D eigenvalue weighted by atomic mass is 35.5. The number of esters is 1. The first-order valence-corrected chi connectivity index (χ1v) is 9.22. The Bertz CT molecular complexity index is 1030. The number of nitrogens with one attached hydrogen (secondary N) is 1. The summed E-state index contributed by atoms with van der Waals surface area (Å²) in [4.78, 5) is 35.5. The van der Waals surface area contributed by atoms with Gasteiger partial charge in [0.25, 0.3) is 5.56 Å². The monoisotopic (exact) mass is 409 g/mol. The number of carbonyl (C=O) groups is 1. The molecule has 0 radical (unpaired) electrons. The molecule has 3 heterocycles. The van der Waals surface area contributed by atoms with Crippen molar-refractivity contribution >= 4 is 40.5 Å². The van der Waals surface area contributed by atoms with Gasteiger partial charge in [0.2, 0.25) is 0 Å². The zero-order valence-corrected chi connectivity index (χ0v) is 16.1. The van der Waals surface area contributed by atoms with Gasteiger partial charge < -0.3 is 9.72 Å². The van der Waals surface area contributed by atoms with Crippen molar-refractivity contribution < 1.29 is 9.53 Å². The Hall–Kier alpha value is -2.22. The van der Waals surface area contributed by atoms with Gasteiger partial charge in [-0.1, -0.05) is 23.2 Å². The molecular formula is C17H13Cl2N3O3S. The second-order valence-electron chi connectivity index (χ2n) is 5.29. The molecule has 0 aliphatic rings. The van der Waals surface area contributed by atoms with E-state index in [0.717, 1.165) is 0 Å². The molecule has 0 spiro atoms. The highest BCUT2D eigenvalue weighted by molar-refractivity contribution is 7.13. The van der Waals surface area contributed by atoms with Crippen LogP contribution in [0.3, 0.4) is 0 Å². The third-order valence-electron chi connectivity index (χ3n) is 3.58. The molecule has 0 aliphatic heterocycles. The predicted octanol–water partition coefficient (Wildman–Crippen LogP) is 4.35. The molecule has 134 valence electrons. The number of pyridine rings is 2. The van der Waals surface area contributed by atoms with Crippen molar-refractivity contribution in [1.29, 1.82) is 0 Å². The van der Waals surface area contributed by atoms with Gasteiger partial charge in [0.05, 0.1) is 39.0 Å². The average molecular weight is 410 g/mol. The standard InChI is InChI=1S/C17H13Cl2N3O3S/c1-3-25-17(24)9-4-10(15(23)21-8(9)2)13-7-26-16(22-13)14-11(18)5-20-6-12(14)19/h4-7H,3H2,1-2H3,(H,21,23). The molecule has 0 aromatic carbocycles. The summed E-state index contributed by atoms with van der Waals surface area (Å²) in [5, 5.41) is 2.99. The quantitative estimate of drug-likeness (QED) is 0.647. The lowest BCUT2D eigenvalue weighted by atomic mass is 10.1. The number of hydrogen-bond donors (Lipinski definition) is 1. The lowest BCUT2D eigenvalue weighted by molar-refractivity contribution is 0.0525. The Balaban J connectivity index is 2.09. The van der Waals surface area contributed by atoms with Gasteiger partial charge in [0.15, 0.2) is 0 Å². The second-order valence-corrected chi connectivity index (χ2v) is 6.96. The van der Waals surface area contributed by atoms with Crippen molar-refractivity contribution in [2.75, 3.05) is 6.61 Å². The largest absolute Gasteiger partial charge is 0.462 e. The molecule has 3 rings (SSSR count). The molecule has 0 bridgehead atoms. The maximum atomic E-state index is 12.3. The maximum Gasteiger partial charge on any atom is 0.339 e. The Morgan fingerprint density at radius 2 is 2.00 bits per heavy atom. The zero-order chi connectivity index (χ0) is 18.8. The Labute approximate surface area is 162 Å². The number of aromatic nitrogens is 3. The zero-order valence-electron chi connectivity index (χ0n) is 13.8. The van der Waals surface area contributed by atoms with Crippen molar-refractivity contribution in [3.05, 3.63) is 55.5 Å². The van der Waals surface area contributed by atoms with Crippen LogP contribution in [-0.4, -0.2) is 27.5 Å². The van der Waals surface area contributed by atoms with Crippen molar-refractivity contribution in [1.82, 2.24) is 15.0 Å². The van der Waals surface area contributed by atoms with E-state index in [2.05, 4.69) is 15.0 Å². The summed E-state index contributed by atoms with van der Waals surface area (Å²) in [7, 11) is 0. The summed E-state index contributed by atoms with van der Waals surface area (Å²) in [6.07, 6.45) is 2.95. The Morgan fingerprint density at radius 1 is 1.31 bits per heavy atom. The van der Waals surface area contributed by atoms with Crippen LogP contribution in [-0.2, 0) is 4.74 Å². The van der Waals surface area contributed by atoms with Gasteiger partial charge >= 0.3 is 5.97 Å². The summed E-state index contributed by atoms with van der Waals surface area (Å²) >= 11 is 13.6. The number of nitrogens with zero attached hydrogens (tertiary/aromatic N) is 2. The van der Waals surface area contributed by atoms with Gasteiger partial charge in [-0.2, -0.15) is 0 Å². The molecule has 0 fully saturated rings. The summed E-state index contributed by atoms with van der Waals surface area (Å²) in [6, 6.07) is 1.49. The molecule has 9 heteroatoms. The highest BCUT2D eigenvalue weighted by Crippen LogP contribution is 2.37. The number of ether oxygens (including phenoxy) is 1. The van der Waals surface area contributed by atoms with Crippen molar-refractivity contribution in [2.45, 2.75) is 13.8 Å². The number of rotatable bonds is 4. The lowest BCUT2D eigenvalue weighted by Crippen LogP contribution is -2.16. The van der Waals surface area contributed by atoms with E-state index in [1.807, 2.05) is 0 Å². The minimum atomic E-state index is -0.502. The number of carbonyl (C=O) groups excluding carboxylic acids is 1. The van der Waals surface area contributed by atoms with E-state index in [1.165, 1.54) is 29.8 Å². The summed E-state index contributed by atoms with van der Waals surface area (Å²) in [6.45, 7) is 3.60. The molecular weight excluding hydrogens is 397 g/mol. The third-order valence-corrected chi connectivity index (χ3v) is 5.01. The Kier molecular flexibility index (Phi) is 5.41. The number of aryl methyl sites for hydroxylation is 1. The van der Waals surface area contributed by atoms with Gasteiger partial charge in [-0.25, -0.2) is 9.78 Å². The molecule has 0 saturated carbocycles. The van der Waals surface area contributed by atoms with E-state index in [-0.39, 0.29) is 23.3 Å². The van der Waals surface area contributed by atoms with E-state index in [0.29, 0.717) is 32.0 Å². The Morgan fingerprint density at radius 3 is 2.65 bits per heavy atom. The van der Waals surface area contributed by atoms with Gasteiger partial charge in [-0.05, 0) is 19.9 Å². The number of thiazole rings is 1. The smallest absolute Gasteiger partial charge is 0.339 e. The first kappa shape index (κ1) is 18.6. The summed E-state index contributed by atoms with van der Waals surface area (Å²) in [5.41, 5.74) is 1.61. The number of halogens is 2. The molecule has 3 aromatic heterocycles. The van der Waals surface area contributed by atoms with Crippen LogP contribution in [0.2, 0.25) is 10.0 Å². The predicted molar refractivity (Wildman–Crippen MR) is 102 cm³/mol. The summed E-state index contributed by atoms with van der Waals surface area (Å²) < 4.78 is 5.02. The van der Waals surface area contributed by atoms with Crippen LogP contribution >= 0.6 is 34.5 Å². The van der Waals surface area contributed by atoms with E-state index < -0.39 is 5.97 Å². The molecule has 6 nitrogen and oxygen atoms in total. The third kappa shape index (κ3) is 3.51. The van der Waals surface area contributed by atoms with Crippen LogP contribution in [0.1, 0.15) is 23.0 Å². The van der Waals surface area contributed by atoms with E-state index in [9.17, 15) is 9.59 Å². The molecule has 0 amide bonds. The first-order chi connectivity index (χ1) is 12.4. The first-order valence-electron chi connectivity index (χ1n) is 7.58. The number of aromatic amines is 1. The van der Waals surface area contributed by atoms with Crippen LogP contribution in [0.4, 0.5) is 0 Å². The van der Waals surface area contributed by atoms with E-state index in [4.69, 9.17) is 27.9 Å². The fraction of sp³-hybridized carbons (Fsp3) is 0.176. The second kappa shape index (κ2) is 7.57. The molecule has 1 N–H and O–H groups in total. The van der Waals surface area contributed by atoms with Gasteiger partial charge in [-0.15, -0.1) is 11.3 Å². The van der Waals surface area contributed by atoms with Crippen LogP contribution in [0.5, 0.6) is 0 Å². The molecule has 0 aliphatic carbocycles. The molecule has 0 saturated heterocycles. The molecule has 0 atom stereocenters. The number of H-pyrrole nitrogens is 1. The fourth-order valence-electron chi connectivity index (χ4n) is 2.36. The number of hydrogen-bond acceptors (Lipinski definition) is 6. The topological polar surface area (TPSA) is 84.9 Å². The maximum absolute atomic E-state index is 12.3. The van der Waals surface area contributed by atoms with Crippen molar-refractivity contribution in [2.24, 2.45) is 0 Å². The van der Waals surface area contributed by atoms with E-state index in [1.54, 1.807) is 19.2 Å². The normalized spacial score (nSPS) is 10.8. The van der Waals surface area contributed by atoms with E-state index >= 15 is 0 Å².